The molecule has 4 rings (SSSR count). The first-order valence-electron chi connectivity index (χ1n) is 9.65. The van der Waals surface area contributed by atoms with Crippen molar-refractivity contribution in [3.63, 3.8) is 0 Å². The standard InChI is InChI=1S/C22H25N5O2/c1-21(2,3)17-12-18(25-24-17)27-19(28)22(4,5)26(20(27)29)13-14-10-11-23-16-9-7-6-8-15(14)16/h6-12H,13H2,1-5H3,(H,24,25). The predicted molar refractivity (Wildman–Crippen MR) is 112 cm³/mol. The molecule has 3 heterocycles. The molecule has 1 aliphatic rings. The number of carbonyl (C=O) groups is 2. The van der Waals surface area contributed by atoms with Crippen LogP contribution in [-0.2, 0) is 16.8 Å². The lowest BCUT2D eigenvalue weighted by Gasteiger charge is -2.28. The molecule has 7 heteroatoms. The van der Waals surface area contributed by atoms with Gasteiger partial charge in [-0.25, -0.2) is 9.69 Å². The first-order valence-corrected chi connectivity index (χ1v) is 9.65. The summed E-state index contributed by atoms with van der Waals surface area (Å²) in [5.41, 5.74) is 1.53. The Hall–Kier alpha value is -3.22. The summed E-state index contributed by atoms with van der Waals surface area (Å²) in [6, 6.07) is 11.1. The molecule has 150 valence electrons. The second kappa shape index (κ2) is 6.40. The quantitative estimate of drug-likeness (QED) is 0.684. The number of benzene rings is 1. The van der Waals surface area contributed by atoms with Gasteiger partial charge in [0.15, 0.2) is 5.82 Å². The minimum Gasteiger partial charge on any atom is -0.305 e. The number of carbonyl (C=O) groups excluding carboxylic acids is 2. The highest BCUT2D eigenvalue weighted by Gasteiger charge is 2.52. The van der Waals surface area contributed by atoms with Gasteiger partial charge in [-0.2, -0.15) is 5.10 Å². The topological polar surface area (TPSA) is 82.2 Å². The van der Waals surface area contributed by atoms with Crippen LogP contribution in [0.2, 0.25) is 0 Å². The predicted octanol–water partition coefficient (Wildman–Crippen LogP) is 4.00. The van der Waals surface area contributed by atoms with Crippen LogP contribution in [-0.4, -0.2) is 37.6 Å². The van der Waals surface area contributed by atoms with Gasteiger partial charge >= 0.3 is 6.03 Å². The SMILES string of the molecule is CC(C)(C)c1cc(N2C(=O)N(Cc3ccnc4ccccc34)C(C)(C)C2=O)n[nH]1. The third-order valence-corrected chi connectivity index (χ3v) is 5.49. The number of para-hydroxylation sites is 1. The maximum absolute atomic E-state index is 13.3. The number of aromatic nitrogens is 3. The number of H-pyrrole nitrogens is 1. The van der Waals surface area contributed by atoms with Crippen molar-refractivity contribution < 1.29 is 9.59 Å². The summed E-state index contributed by atoms with van der Waals surface area (Å²) in [7, 11) is 0. The largest absolute Gasteiger partial charge is 0.333 e. The summed E-state index contributed by atoms with van der Waals surface area (Å²) in [5.74, 6) is 0.0490. The number of fused-ring (bicyclic) bond motifs is 1. The van der Waals surface area contributed by atoms with E-state index in [-0.39, 0.29) is 17.4 Å². The summed E-state index contributed by atoms with van der Waals surface area (Å²) in [5, 5.41) is 8.17. The Bertz CT molecular complexity index is 1100. The Kier molecular flexibility index (Phi) is 4.22. The molecule has 0 spiro atoms. The fourth-order valence-electron chi connectivity index (χ4n) is 3.58. The fraction of sp³-hybridized carbons (Fsp3) is 0.364. The van der Waals surface area contributed by atoms with Crippen molar-refractivity contribution in [2.45, 2.75) is 52.1 Å². The highest BCUT2D eigenvalue weighted by atomic mass is 16.2. The number of hydrogen-bond donors (Lipinski definition) is 1. The van der Waals surface area contributed by atoms with Gasteiger partial charge in [-0.1, -0.05) is 39.0 Å². The van der Waals surface area contributed by atoms with Crippen molar-refractivity contribution in [1.82, 2.24) is 20.1 Å². The smallest absolute Gasteiger partial charge is 0.305 e. The number of nitrogens with zero attached hydrogens (tertiary/aromatic N) is 4. The average Bonchev–Trinajstić information content (AvgIpc) is 3.21. The van der Waals surface area contributed by atoms with E-state index in [4.69, 9.17) is 0 Å². The first kappa shape index (κ1) is 19.1. The molecule has 0 atom stereocenters. The molecule has 1 saturated heterocycles. The van der Waals surface area contributed by atoms with Gasteiger partial charge in [-0.3, -0.25) is 14.9 Å². The molecule has 0 aliphatic carbocycles. The Labute approximate surface area is 169 Å². The maximum atomic E-state index is 13.3. The van der Waals surface area contributed by atoms with Crippen molar-refractivity contribution in [3.8, 4) is 0 Å². The van der Waals surface area contributed by atoms with Crippen molar-refractivity contribution in [2.75, 3.05) is 4.90 Å². The van der Waals surface area contributed by atoms with E-state index in [0.29, 0.717) is 12.4 Å². The molecular weight excluding hydrogens is 366 g/mol. The molecule has 0 bridgehead atoms. The van der Waals surface area contributed by atoms with Gasteiger partial charge in [0.1, 0.15) is 5.54 Å². The van der Waals surface area contributed by atoms with Crippen molar-refractivity contribution in [2.24, 2.45) is 0 Å². The molecule has 3 amide bonds. The van der Waals surface area contributed by atoms with Gasteiger partial charge in [0, 0.05) is 35.3 Å². The average molecular weight is 391 g/mol. The minimum atomic E-state index is -0.984. The Morgan fingerprint density at radius 1 is 1.10 bits per heavy atom. The van der Waals surface area contributed by atoms with Crippen LogP contribution in [0.25, 0.3) is 10.9 Å². The number of hydrogen-bond acceptors (Lipinski definition) is 4. The number of urea groups is 1. The second-order valence-electron chi connectivity index (χ2n) is 8.95. The second-order valence-corrected chi connectivity index (χ2v) is 8.95. The van der Waals surface area contributed by atoms with Gasteiger partial charge in [0.25, 0.3) is 5.91 Å². The van der Waals surface area contributed by atoms with E-state index < -0.39 is 5.54 Å². The number of imide groups is 1. The monoisotopic (exact) mass is 391 g/mol. The lowest BCUT2D eigenvalue weighted by Crippen LogP contribution is -2.43. The summed E-state index contributed by atoms with van der Waals surface area (Å²) in [6.45, 7) is 9.99. The van der Waals surface area contributed by atoms with E-state index >= 15 is 0 Å². The lowest BCUT2D eigenvalue weighted by atomic mass is 9.92. The Morgan fingerprint density at radius 3 is 2.52 bits per heavy atom. The first-order chi connectivity index (χ1) is 13.6. The highest BCUT2D eigenvalue weighted by Crippen LogP contribution is 2.34. The van der Waals surface area contributed by atoms with Crippen LogP contribution in [0.4, 0.5) is 10.6 Å². The normalized spacial score (nSPS) is 16.9. The maximum Gasteiger partial charge on any atom is 0.333 e. The van der Waals surface area contributed by atoms with E-state index in [1.165, 1.54) is 4.90 Å². The fourth-order valence-corrected chi connectivity index (χ4v) is 3.58. The molecule has 1 fully saturated rings. The van der Waals surface area contributed by atoms with Crippen LogP contribution >= 0.6 is 0 Å². The van der Waals surface area contributed by atoms with E-state index in [0.717, 1.165) is 22.2 Å². The highest BCUT2D eigenvalue weighted by molar-refractivity contribution is 6.22. The third kappa shape index (κ3) is 3.06. The Balaban J connectivity index is 1.71. The number of nitrogens with one attached hydrogen (secondary N) is 1. The summed E-state index contributed by atoms with van der Waals surface area (Å²) < 4.78 is 0. The van der Waals surface area contributed by atoms with Crippen LogP contribution in [0.1, 0.15) is 45.9 Å². The summed E-state index contributed by atoms with van der Waals surface area (Å²) in [4.78, 5) is 33.6. The van der Waals surface area contributed by atoms with Crippen LogP contribution in [0, 0.1) is 0 Å². The Morgan fingerprint density at radius 2 is 1.83 bits per heavy atom. The van der Waals surface area contributed by atoms with Gasteiger partial charge in [0.05, 0.1) is 5.52 Å². The molecule has 3 aromatic rings. The van der Waals surface area contributed by atoms with Crippen molar-refractivity contribution in [3.05, 3.63) is 53.9 Å². The van der Waals surface area contributed by atoms with Crippen molar-refractivity contribution in [1.29, 1.82) is 0 Å². The van der Waals surface area contributed by atoms with E-state index in [1.807, 2.05) is 51.1 Å². The van der Waals surface area contributed by atoms with Gasteiger partial charge in [-0.05, 0) is 31.5 Å². The van der Waals surface area contributed by atoms with Gasteiger partial charge in [0.2, 0.25) is 0 Å². The lowest BCUT2D eigenvalue weighted by molar-refractivity contribution is -0.123. The third-order valence-electron chi connectivity index (χ3n) is 5.49. The van der Waals surface area contributed by atoms with Crippen molar-refractivity contribution >= 4 is 28.7 Å². The molecular formula is C22H25N5O2. The summed E-state index contributed by atoms with van der Waals surface area (Å²) >= 11 is 0. The van der Waals surface area contributed by atoms with E-state index in [1.54, 1.807) is 31.0 Å². The zero-order valence-electron chi connectivity index (χ0n) is 17.4. The molecule has 1 N–H and O–H groups in total. The zero-order chi connectivity index (χ0) is 21.0. The number of pyridine rings is 1. The number of aromatic amines is 1. The zero-order valence-corrected chi connectivity index (χ0v) is 17.4. The molecule has 0 saturated carbocycles. The summed E-state index contributed by atoms with van der Waals surface area (Å²) in [6.07, 6.45) is 1.73. The van der Waals surface area contributed by atoms with Crippen LogP contribution in [0.3, 0.4) is 0 Å². The molecule has 2 aromatic heterocycles. The van der Waals surface area contributed by atoms with Crippen LogP contribution < -0.4 is 4.90 Å². The van der Waals surface area contributed by atoms with Gasteiger partial charge in [-0.15, -0.1) is 0 Å². The molecule has 7 nitrogen and oxygen atoms in total. The van der Waals surface area contributed by atoms with Crippen LogP contribution in [0.5, 0.6) is 0 Å². The van der Waals surface area contributed by atoms with E-state index in [2.05, 4.69) is 15.2 Å². The number of rotatable bonds is 3. The van der Waals surface area contributed by atoms with Gasteiger partial charge < -0.3 is 4.90 Å². The molecule has 1 aliphatic heterocycles. The van der Waals surface area contributed by atoms with Crippen LogP contribution in [0.15, 0.2) is 42.6 Å². The molecule has 1 aromatic carbocycles. The number of anilines is 1. The van der Waals surface area contributed by atoms with E-state index in [9.17, 15) is 9.59 Å². The minimum absolute atomic E-state index is 0.164. The molecule has 0 unspecified atom stereocenters. The number of amides is 3. The molecule has 0 radical (unpaired) electrons. The molecule has 29 heavy (non-hydrogen) atoms.